The molecule has 1 aliphatic heterocycles. The summed E-state index contributed by atoms with van der Waals surface area (Å²) in [6.45, 7) is 6.57. The van der Waals surface area contributed by atoms with Crippen LogP contribution >= 0.6 is 0 Å². The minimum Gasteiger partial charge on any atom is -0.336 e. The van der Waals surface area contributed by atoms with Gasteiger partial charge in [-0.15, -0.1) is 0 Å². The standard InChI is InChI=1S/C20H38N4O2/c1-6-8-18-15(7-2)13-16(14-23(18)5)19(25)24(17-9-10-17)20(26)21-11-12-22(3)4/h15-18H,6-14H2,1-5H3,(H,21,26)/t15-,16+,18+/m0/s1. The van der Waals surface area contributed by atoms with Gasteiger partial charge in [0.2, 0.25) is 5.91 Å². The molecule has 0 aromatic heterocycles. The van der Waals surface area contributed by atoms with Gasteiger partial charge in [-0.3, -0.25) is 9.69 Å². The summed E-state index contributed by atoms with van der Waals surface area (Å²) >= 11 is 0. The lowest BCUT2D eigenvalue weighted by molar-refractivity contribution is -0.136. The number of rotatable bonds is 8. The summed E-state index contributed by atoms with van der Waals surface area (Å²) in [5.74, 6) is 0.522. The Morgan fingerprint density at radius 2 is 1.88 bits per heavy atom. The van der Waals surface area contributed by atoms with Gasteiger partial charge >= 0.3 is 6.03 Å². The SMILES string of the molecule is CCC[C@@H]1[C@@H](CC)C[C@@H](C(=O)N(C(=O)NCCN(C)C)C2CC2)CN1C. The van der Waals surface area contributed by atoms with Crippen LogP contribution in [0.3, 0.4) is 0 Å². The third kappa shape index (κ3) is 5.43. The first-order valence-electron chi connectivity index (χ1n) is 10.3. The molecule has 1 saturated heterocycles. The molecule has 0 radical (unpaired) electrons. The van der Waals surface area contributed by atoms with Gasteiger partial charge in [-0.2, -0.15) is 0 Å². The number of carbonyl (C=O) groups is 2. The van der Waals surface area contributed by atoms with Gasteiger partial charge in [0.25, 0.3) is 0 Å². The Kier molecular flexibility index (Phi) is 7.89. The number of piperidine rings is 1. The maximum absolute atomic E-state index is 13.2. The van der Waals surface area contributed by atoms with Gasteiger partial charge in [-0.05, 0) is 52.7 Å². The Morgan fingerprint density at radius 1 is 1.19 bits per heavy atom. The molecule has 3 atom stereocenters. The summed E-state index contributed by atoms with van der Waals surface area (Å²) in [4.78, 5) is 31.8. The molecule has 26 heavy (non-hydrogen) atoms. The van der Waals surface area contributed by atoms with E-state index in [-0.39, 0.29) is 23.9 Å². The summed E-state index contributed by atoms with van der Waals surface area (Å²) in [7, 11) is 6.10. The van der Waals surface area contributed by atoms with E-state index in [1.165, 1.54) is 12.8 Å². The van der Waals surface area contributed by atoms with Crippen molar-refractivity contribution in [3.63, 3.8) is 0 Å². The average Bonchev–Trinajstić information content (AvgIpc) is 3.41. The zero-order valence-corrected chi connectivity index (χ0v) is 17.3. The Balaban J connectivity index is 2.01. The van der Waals surface area contributed by atoms with Crippen LogP contribution in [0.15, 0.2) is 0 Å². The highest BCUT2D eigenvalue weighted by Crippen LogP contribution is 2.35. The van der Waals surface area contributed by atoms with Crippen LogP contribution in [0.25, 0.3) is 0 Å². The first kappa shape index (κ1) is 21.2. The Bertz CT molecular complexity index is 478. The van der Waals surface area contributed by atoms with Gasteiger partial charge < -0.3 is 15.1 Å². The second kappa shape index (κ2) is 9.70. The van der Waals surface area contributed by atoms with Crippen molar-refractivity contribution in [3.8, 4) is 0 Å². The van der Waals surface area contributed by atoms with Crippen LogP contribution in [-0.4, -0.2) is 79.5 Å². The lowest BCUT2D eigenvalue weighted by Crippen LogP contribution is -2.54. The van der Waals surface area contributed by atoms with Gasteiger partial charge in [0.15, 0.2) is 0 Å². The molecule has 1 heterocycles. The number of carbonyl (C=O) groups excluding carboxylic acids is 2. The molecule has 0 aromatic carbocycles. The molecule has 0 bridgehead atoms. The summed E-state index contributed by atoms with van der Waals surface area (Å²) < 4.78 is 0. The topological polar surface area (TPSA) is 55.9 Å². The number of hydrogen-bond donors (Lipinski definition) is 1. The van der Waals surface area contributed by atoms with Gasteiger partial charge in [0.05, 0.1) is 5.92 Å². The molecule has 6 heteroatoms. The highest BCUT2D eigenvalue weighted by Gasteiger charge is 2.43. The van der Waals surface area contributed by atoms with Crippen molar-refractivity contribution in [3.05, 3.63) is 0 Å². The van der Waals surface area contributed by atoms with Crippen molar-refractivity contribution in [1.82, 2.24) is 20.0 Å². The minimum absolute atomic E-state index is 0.0371. The van der Waals surface area contributed by atoms with E-state index in [1.807, 2.05) is 19.0 Å². The normalized spacial score (nSPS) is 26.8. The van der Waals surface area contributed by atoms with Gasteiger partial charge in [-0.1, -0.05) is 26.7 Å². The molecule has 6 nitrogen and oxygen atoms in total. The Morgan fingerprint density at radius 3 is 2.42 bits per heavy atom. The predicted octanol–water partition coefficient (Wildman–Crippen LogP) is 2.40. The maximum Gasteiger partial charge on any atom is 0.324 e. The lowest BCUT2D eigenvalue weighted by atomic mass is 9.79. The molecule has 3 amide bonds. The lowest BCUT2D eigenvalue weighted by Gasteiger charge is -2.43. The van der Waals surface area contributed by atoms with E-state index in [0.717, 1.165) is 38.8 Å². The van der Waals surface area contributed by atoms with Crippen molar-refractivity contribution < 1.29 is 9.59 Å². The molecule has 0 spiro atoms. The van der Waals surface area contributed by atoms with Crippen LogP contribution in [0.2, 0.25) is 0 Å². The molecule has 1 N–H and O–H groups in total. The van der Waals surface area contributed by atoms with Crippen LogP contribution in [-0.2, 0) is 4.79 Å². The molecule has 1 aliphatic carbocycles. The van der Waals surface area contributed by atoms with Gasteiger partial charge in [0.1, 0.15) is 0 Å². The smallest absolute Gasteiger partial charge is 0.324 e. The van der Waals surface area contributed by atoms with Crippen LogP contribution in [0.1, 0.15) is 52.4 Å². The molecule has 2 rings (SSSR count). The number of likely N-dealkylation sites (N-methyl/N-ethyl adjacent to an activating group) is 1. The number of nitrogens with zero attached hydrogens (tertiary/aromatic N) is 3. The summed E-state index contributed by atoms with van der Waals surface area (Å²) in [6.07, 6.45) is 6.27. The highest BCUT2D eigenvalue weighted by atomic mass is 16.2. The number of hydrogen-bond acceptors (Lipinski definition) is 4. The fourth-order valence-electron chi connectivity index (χ4n) is 4.26. The summed E-state index contributed by atoms with van der Waals surface area (Å²) in [5.41, 5.74) is 0. The fourth-order valence-corrected chi connectivity index (χ4v) is 4.26. The molecule has 0 unspecified atom stereocenters. The third-order valence-electron chi connectivity index (χ3n) is 5.87. The van der Waals surface area contributed by atoms with E-state index in [1.54, 1.807) is 4.90 Å². The van der Waals surface area contributed by atoms with Crippen molar-refractivity contribution in [2.45, 2.75) is 64.5 Å². The number of amides is 3. The summed E-state index contributed by atoms with van der Waals surface area (Å²) in [5, 5.41) is 2.93. The van der Waals surface area contributed by atoms with Gasteiger partial charge in [-0.25, -0.2) is 4.79 Å². The molecule has 2 aliphatic rings. The molecular formula is C20H38N4O2. The fraction of sp³-hybridized carbons (Fsp3) is 0.900. The monoisotopic (exact) mass is 366 g/mol. The number of imide groups is 1. The first-order valence-corrected chi connectivity index (χ1v) is 10.3. The summed E-state index contributed by atoms with van der Waals surface area (Å²) in [6, 6.07) is 0.476. The Hall–Kier alpha value is -1.14. The van der Waals surface area contributed by atoms with Crippen molar-refractivity contribution in [2.24, 2.45) is 11.8 Å². The van der Waals surface area contributed by atoms with Gasteiger partial charge in [0, 0.05) is 31.7 Å². The van der Waals surface area contributed by atoms with Crippen molar-refractivity contribution >= 4 is 11.9 Å². The van der Waals surface area contributed by atoms with E-state index < -0.39 is 0 Å². The van der Waals surface area contributed by atoms with Crippen LogP contribution < -0.4 is 5.32 Å². The van der Waals surface area contributed by atoms with E-state index in [4.69, 9.17) is 0 Å². The second-order valence-corrected chi connectivity index (χ2v) is 8.37. The molecule has 2 fully saturated rings. The van der Waals surface area contributed by atoms with E-state index in [0.29, 0.717) is 18.5 Å². The highest BCUT2D eigenvalue weighted by molar-refractivity contribution is 5.96. The largest absolute Gasteiger partial charge is 0.336 e. The molecular weight excluding hydrogens is 328 g/mol. The zero-order valence-electron chi connectivity index (χ0n) is 17.3. The molecule has 0 aromatic rings. The zero-order chi connectivity index (χ0) is 19.3. The predicted molar refractivity (Wildman–Crippen MR) is 105 cm³/mol. The number of urea groups is 1. The van der Waals surface area contributed by atoms with Crippen LogP contribution in [0.5, 0.6) is 0 Å². The molecule has 150 valence electrons. The maximum atomic E-state index is 13.2. The van der Waals surface area contributed by atoms with Crippen molar-refractivity contribution in [2.75, 3.05) is 40.8 Å². The van der Waals surface area contributed by atoms with Crippen LogP contribution in [0.4, 0.5) is 4.79 Å². The molecule has 1 saturated carbocycles. The van der Waals surface area contributed by atoms with E-state index >= 15 is 0 Å². The number of nitrogens with one attached hydrogen (secondary N) is 1. The van der Waals surface area contributed by atoms with E-state index in [9.17, 15) is 9.59 Å². The average molecular weight is 367 g/mol. The second-order valence-electron chi connectivity index (χ2n) is 8.37. The Labute approximate surface area is 159 Å². The van der Waals surface area contributed by atoms with Crippen LogP contribution in [0, 0.1) is 11.8 Å². The third-order valence-corrected chi connectivity index (χ3v) is 5.87. The van der Waals surface area contributed by atoms with Crippen molar-refractivity contribution in [1.29, 1.82) is 0 Å². The van der Waals surface area contributed by atoms with E-state index in [2.05, 4.69) is 31.1 Å². The number of likely N-dealkylation sites (tertiary alicyclic amines) is 1. The first-order chi connectivity index (χ1) is 12.4. The quantitative estimate of drug-likeness (QED) is 0.717. The minimum atomic E-state index is -0.203.